The highest BCUT2D eigenvalue weighted by Crippen LogP contribution is 2.40. The summed E-state index contributed by atoms with van der Waals surface area (Å²) in [5.74, 6) is 0.123. The van der Waals surface area contributed by atoms with Crippen molar-refractivity contribution in [3.8, 4) is 11.8 Å². The van der Waals surface area contributed by atoms with E-state index in [1.807, 2.05) is 6.07 Å². The van der Waals surface area contributed by atoms with E-state index in [2.05, 4.69) is 4.98 Å². The van der Waals surface area contributed by atoms with Gasteiger partial charge in [0.15, 0.2) is 0 Å². The van der Waals surface area contributed by atoms with Crippen LogP contribution in [-0.2, 0) is 0 Å². The fraction of sp³-hybridized carbons (Fsp3) is 0.133. The molecule has 0 saturated carbocycles. The number of hydrogen-bond donors (Lipinski definition) is 1. The van der Waals surface area contributed by atoms with Crippen LogP contribution in [0.1, 0.15) is 22.8 Å². The maximum absolute atomic E-state index is 12.2. The van der Waals surface area contributed by atoms with Crippen molar-refractivity contribution in [2.24, 2.45) is 5.73 Å². The van der Waals surface area contributed by atoms with E-state index in [1.54, 1.807) is 37.5 Å². The molecule has 2 aromatic heterocycles. The lowest BCUT2D eigenvalue weighted by Gasteiger charge is -2.24. The number of hydrogen-bond acceptors (Lipinski definition) is 6. The van der Waals surface area contributed by atoms with Gasteiger partial charge < -0.3 is 14.9 Å². The second-order valence-electron chi connectivity index (χ2n) is 4.63. The van der Waals surface area contributed by atoms with E-state index >= 15 is 0 Å². The monoisotopic (exact) mass is 281 g/mol. The Labute approximate surface area is 120 Å². The summed E-state index contributed by atoms with van der Waals surface area (Å²) < 4.78 is 10.5. The second kappa shape index (κ2) is 4.80. The molecule has 1 aliphatic heterocycles. The minimum atomic E-state index is -0.612. The molecule has 3 heterocycles. The molecule has 0 bridgehead atoms. The number of fused-ring (bicyclic) bond motifs is 1. The Morgan fingerprint density at radius 2 is 2.10 bits per heavy atom. The third-order valence-electron chi connectivity index (χ3n) is 3.30. The van der Waals surface area contributed by atoms with Gasteiger partial charge in [0, 0.05) is 18.5 Å². The maximum Gasteiger partial charge on any atom is 0.343 e. The highest BCUT2D eigenvalue weighted by molar-refractivity contribution is 5.54. The van der Waals surface area contributed by atoms with Gasteiger partial charge in [0.25, 0.3) is 0 Å². The van der Waals surface area contributed by atoms with Crippen molar-refractivity contribution >= 4 is 0 Å². The molecule has 2 N–H and O–H groups in total. The fourth-order valence-corrected chi connectivity index (χ4v) is 2.41. The average molecular weight is 281 g/mol. The summed E-state index contributed by atoms with van der Waals surface area (Å²) in [5, 5.41) is 9.35. The van der Waals surface area contributed by atoms with Crippen molar-refractivity contribution in [2.75, 3.05) is 0 Å². The normalized spacial score (nSPS) is 16.9. The van der Waals surface area contributed by atoms with Gasteiger partial charge in [-0.2, -0.15) is 5.26 Å². The van der Waals surface area contributed by atoms with Crippen molar-refractivity contribution in [3.63, 3.8) is 0 Å². The van der Waals surface area contributed by atoms with E-state index in [9.17, 15) is 10.1 Å². The predicted octanol–water partition coefficient (Wildman–Crippen LogP) is 1.56. The summed E-state index contributed by atoms with van der Waals surface area (Å²) in [6.07, 6.45) is 3.18. The Morgan fingerprint density at radius 3 is 2.76 bits per heavy atom. The number of aryl methyl sites for hydroxylation is 1. The number of pyridine rings is 1. The molecule has 0 unspecified atom stereocenters. The number of nitrogens with two attached hydrogens (primary N) is 1. The van der Waals surface area contributed by atoms with Gasteiger partial charge in [-0.15, -0.1) is 0 Å². The SMILES string of the molecule is Cc1cc2c(c(=O)o1)[C@@H](c1ccncc1)C(C#N)=C(N)O2. The maximum atomic E-state index is 12.2. The molecule has 0 amide bonds. The molecule has 1 aliphatic rings. The Bertz CT molecular complexity index is 831. The number of aromatic nitrogens is 1. The van der Waals surface area contributed by atoms with Crippen LogP contribution in [0, 0.1) is 18.3 Å². The summed E-state index contributed by atoms with van der Waals surface area (Å²) >= 11 is 0. The van der Waals surface area contributed by atoms with Gasteiger partial charge in [-0.1, -0.05) is 0 Å². The van der Waals surface area contributed by atoms with Crippen LogP contribution >= 0.6 is 0 Å². The van der Waals surface area contributed by atoms with Gasteiger partial charge in [0.2, 0.25) is 5.88 Å². The first-order valence-corrected chi connectivity index (χ1v) is 6.24. The number of nitriles is 1. The highest BCUT2D eigenvalue weighted by Gasteiger charge is 2.34. The zero-order valence-corrected chi connectivity index (χ0v) is 11.2. The molecule has 6 heteroatoms. The lowest BCUT2D eigenvalue weighted by Crippen LogP contribution is -2.26. The van der Waals surface area contributed by atoms with Crippen LogP contribution in [0.4, 0.5) is 0 Å². The molecule has 21 heavy (non-hydrogen) atoms. The van der Waals surface area contributed by atoms with E-state index in [0.717, 1.165) is 5.56 Å². The molecule has 0 radical (unpaired) electrons. The summed E-state index contributed by atoms with van der Waals surface area (Å²) in [6, 6.07) is 7.05. The van der Waals surface area contributed by atoms with Crippen molar-refractivity contribution in [3.05, 3.63) is 69.4 Å². The summed E-state index contributed by atoms with van der Waals surface area (Å²) in [5.41, 5.74) is 6.47. The molecule has 0 aliphatic carbocycles. The first-order chi connectivity index (χ1) is 10.1. The average Bonchev–Trinajstić information content (AvgIpc) is 2.46. The first kappa shape index (κ1) is 12.9. The number of nitrogens with zero attached hydrogens (tertiary/aromatic N) is 2. The quantitative estimate of drug-likeness (QED) is 0.851. The summed E-state index contributed by atoms with van der Waals surface area (Å²) in [4.78, 5) is 16.1. The van der Waals surface area contributed by atoms with E-state index < -0.39 is 11.5 Å². The van der Waals surface area contributed by atoms with Crippen LogP contribution in [0.25, 0.3) is 0 Å². The van der Waals surface area contributed by atoms with Crippen LogP contribution in [0.3, 0.4) is 0 Å². The topological polar surface area (TPSA) is 102 Å². The Balaban J connectivity index is 2.32. The van der Waals surface area contributed by atoms with Crippen LogP contribution in [0.5, 0.6) is 5.75 Å². The van der Waals surface area contributed by atoms with E-state index in [0.29, 0.717) is 11.5 Å². The highest BCUT2D eigenvalue weighted by atomic mass is 16.5. The van der Waals surface area contributed by atoms with E-state index in [1.165, 1.54) is 0 Å². The number of ether oxygens (including phenoxy) is 1. The van der Waals surface area contributed by atoms with Crippen LogP contribution in [0.2, 0.25) is 0 Å². The molecule has 3 rings (SSSR count). The van der Waals surface area contributed by atoms with Crippen molar-refractivity contribution in [1.29, 1.82) is 5.26 Å². The van der Waals surface area contributed by atoms with Gasteiger partial charge in [0.1, 0.15) is 23.2 Å². The largest absolute Gasteiger partial charge is 0.440 e. The molecular formula is C15H11N3O3. The van der Waals surface area contributed by atoms with E-state index in [4.69, 9.17) is 14.9 Å². The molecular weight excluding hydrogens is 270 g/mol. The Hall–Kier alpha value is -3.07. The van der Waals surface area contributed by atoms with Crippen LogP contribution in [-0.4, -0.2) is 4.98 Å². The number of allylic oxidation sites excluding steroid dienone is 1. The zero-order chi connectivity index (χ0) is 15.0. The van der Waals surface area contributed by atoms with Gasteiger partial charge in [-0.3, -0.25) is 4.98 Å². The van der Waals surface area contributed by atoms with Gasteiger partial charge >= 0.3 is 5.63 Å². The third-order valence-corrected chi connectivity index (χ3v) is 3.30. The second-order valence-corrected chi connectivity index (χ2v) is 4.63. The van der Waals surface area contributed by atoms with Crippen molar-refractivity contribution in [2.45, 2.75) is 12.8 Å². The molecule has 1 atom stereocenters. The van der Waals surface area contributed by atoms with Gasteiger partial charge in [-0.25, -0.2) is 4.79 Å². The zero-order valence-electron chi connectivity index (χ0n) is 11.2. The molecule has 6 nitrogen and oxygen atoms in total. The number of rotatable bonds is 1. The van der Waals surface area contributed by atoms with Gasteiger partial charge in [0.05, 0.1) is 11.5 Å². The van der Waals surface area contributed by atoms with Crippen molar-refractivity contribution < 1.29 is 9.15 Å². The lowest BCUT2D eigenvalue weighted by molar-refractivity contribution is 0.371. The van der Waals surface area contributed by atoms with E-state index in [-0.39, 0.29) is 17.0 Å². The summed E-state index contributed by atoms with van der Waals surface area (Å²) in [7, 11) is 0. The molecule has 0 fully saturated rings. The van der Waals surface area contributed by atoms with Crippen LogP contribution in [0.15, 0.2) is 51.3 Å². The Kier molecular flexibility index (Phi) is 2.95. The minimum Gasteiger partial charge on any atom is -0.440 e. The molecule has 2 aromatic rings. The molecule has 104 valence electrons. The molecule has 0 aromatic carbocycles. The van der Waals surface area contributed by atoms with Gasteiger partial charge in [-0.05, 0) is 24.6 Å². The lowest BCUT2D eigenvalue weighted by atomic mass is 9.85. The Morgan fingerprint density at radius 1 is 1.38 bits per heavy atom. The summed E-state index contributed by atoms with van der Waals surface area (Å²) in [6.45, 7) is 1.65. The standard InChI is InChI=1S/C15H11N3O3/c1-8-6-11-13(15(19)20-8)12(9-2-4-18-5-3-9)10(7-16)14(17)21-11/h2-6,12H,17H2,1H3/t12-/m0/s1. The fourth-order valence-electron chi connectivity index (χ4n) is 2.41. The minimum absolute atomic E-state index is 0.00295. The third kappa shape index (κ3) is 2.05. The first-order valence-electron chi connectivity index (χ1n) is 6.24. The molecule has 0 saturated heterocycles. The smallest absolute Gasteiger partial charge is 0.343 e. The molecule has 0 spiro atoms. The predicted molar refractivity (Wildman–Crippen MR) is 73.2 cm³/mol. The van der Waals surface area contributed by atoms with Crippen LogP contribution < -0.4 is 16.1 Å². The van der Waals surface area contributed by atoms with Crippen molar-refractivity contribution in [1.82, 2.24) is 4.98 Å².